The van der Waals surface area contributed by atoms with Gasteiger partial charge in [-0.05, 0) is 50.1 Å². The molecule has 88 valence electrons. The Hall–Kier alpha value is -1.96. The number of tetrazole rings is 1. The van der Waals surface area contributed by atoms with Gasteiger partial charge in [-0.2, -0.15) is 5.10 Å². The summed E-state index contributed by atoms with van der Waals surface area (Å²) in [6.07, 6.45) is 1.59. The molecule has 1 aromatic heterocycles. The molecule has 0 aliphatic carbocycles. The molecule has 8 heteroatoms. The van der Waals surface area contributed by atoms with E-state index < -0.39 is 0 Å². The van der Waals surface area contributed by atoms with Crippen molar-refractivity contribution in [3.05, 3.63) is 28.2 Å². The topological polar surface area (TPSA) is 91.2 Å². The first kappa shape index (κ1) is 11.5. The summed E-state index contributed by atoms with van der Waals surface area (Å²) in [6.45, 7) is 0. The molecule has 7 nitrogen and oxygen atoms in total. The number of hydrogen-bond donors (Lipinski definition) is 1. The maximum atomic E-state index is 5.46. The molecule has 2 N–H and O–H groups in total. The van der Waals surface area contributed by atoms with Crippen LogP contribution in [0.4, 0.5) is 5.95 Å². The van der Waals surface area contributed by atoms with Gasteiger partial charge in [-0.3, -0.25) is 0 Å². The fourth-order valence-corrected chi connectivity index (χ4v) is 1.71. The molecule has 0 amide bonds. The van der Waals surface area contributed by atoms with Gasteiger partial charge in [0.15, 0.2) is 0 Å². The zero-order valence-electron chi connectivity index (χ0n) is 8.91. The number of methoxy groups -OCH3 is 1. The van der Waals surface area contributed by atoms with Crippen LogP contribution >= 0.6 is 15.9 Å². The Morgan fingerprint density at radius 1 is 1.53 bits per heavy atom. The van der Waals surface area contributed by atoms with Gasteiger partial charge in [0.2, 0.25) is 0 Å². The van der Waals surface area contributed by atoms with Crippen LogP contribution in [0.3, 0.4) is 0 Å². The zero-order chi connectivity index (χ0) is 12.3. The Morgan fingerprint density at radius 2 is 2.35 bits per heavy atom. The SMILES string of the molecule is COc1ccc(C=Nn2nnnc2N)cc1Br. The van der Waals surface area contributed by atoms with E-state index in [1.165, 1.54) is 0 Å². The molecule has 0 unspecified atom stereocenters. The number of nitrogens with zero attached hydrogens (tertiary/aromatic N) is 5. The average Bonchev–Trinajstić information content (AvgIpc) is 2.72. The lowest BCUT2D eigenvalue weighted by Gasteiger charge is -2.02. The number of halogens is 1. The van der Waals surface area contributed by atoms with Crippen molar-refractivity contribution in [3.63, 3.8) is 0 Å². The van der Waals surface area contributed by atoms with Gasteiger partial charge in [0.05, 0.1) is 17.8 Å². The summed E-state index contributed by atoms with van der Waals surface area (Å²) in [4.78, 5) is 1.14. The molecule has 1 aromatic carbocycles. The molecule has 0 spiro atoms. The van der Waals surface area contributed by atoms with Gasteiger partial charge >= 0.3 is 0 Å². The van der Waals surface area contributed by atoms with Crippen LogP contribution in [0.25, 0.3) is 0 Å². The second kappa shape index (κ2) is 4.91. The van der Waals surface area contributed by atoms with Gasteiger partial charge in [-0.25, -0.2) is 0 Å². The summed E-state index contributed by atoms with van der Waals surface area (Å²) >= 11 is 3.38. The highest BCUT2D eigenvalue weighted by atomic mass is 79.9. The normalized spacial score (nSPS) is 10.9. The number of rotatable bonds is 3. The summed E-state index contributed by atoms with van der Waals surface area (Å²) in [5.74, 6) is 0.887. The van der Waals surface area contributed by atoms with E-state index in [4.69, 9.17) is 10.5 Å². The number of benzene rings is 1. The van der Waals surface area contributed by atoms with Crippen LogP contribution in [0, 0.1) is 0 Å². The third-order valence-electron chi connectivity index (χ3n) is 1.97. The van der Waals surface area contributed by atoms with Crippen LogP contribution in [0.1, 0.15) is 5.56 Å². The molecule has 0 fully saturated rings. The quantitative estimate of drug-likeness (QED) is 0.850. The lowest BCUT2D eigenvalue weighted by molar-refractivity contribution is 0.412. The molecule has 1 heterocycles. The first-order valence-electron chi connectivity index (χ1n) is 4.62. The molecule has 0 bridgehead atoms. The van der Waals surface area contributed by atoms with Crippen LogP contribution < -0.4 is 10.5 Å². The molecular formula is C9H9BrN6O. The Morgan fingerprint density at radius 3 is 2.94 bits per heavy atom. The number of hydrogen-bond acceptors (Lipinski definition) is 6. The molecule has 17 heavy (non-hydrogen) atoms. The number of nitrogen functional groups attached to an aromatic ring is 1. The van der Waals surface area contributed by atoms with Gasteiger partial charge in [-0.1, -0.05) is 9.89 Å². The van der Waals surface area contributed by atoms with Crippen molar-refractivity contribution in [1.82, 2.24) is 20.3 Å². The second-order valence-electron chi connectivity index (χ2n) is 3.07. The molecular weight excluding hydrogens is 288 g/mol. The van der Waals surface area contributed by atoms with E-state index >= 15 is 0 Å². The van der Waals surface area contributed by atoms with E-state index in [1.807, 2.05) is 18.2 Å². The fraction of sp³-hybridized carbons (Fsp3) is 0.111. The Labute approximate surface area is 105 Å². The largest absolute Gasteiger partial charge is 0.496 e. The summed E-state index contributed by atoms with van der Waals surface area (Å²) < 4.78 is 5.96. The highest BCUT2D eigenvalue weighted by Gasteiger charge is 2.00. The third-order valence-corrected chi connectivity index (χ3v) is 2.59. The minimum Gasteiger partial charge on any atom is -0.496 e. The number of aromatic nitrogens is 4. The first-order valence-corrected chi connectivity index (χ1v) is 5.42. The van der Waals surface area contributed by atoms with Crippen molar-refractivity contribution >= 4 is 28.1 Å². The lowest BCUT2D eigenvalue weighted by Crippen LogP contribution is -1.99. The molecule has 0 aliphatic rings. The van der Waals surface area contributed by atoms with Crippen molar-refractivity contribution in [2.24, 2.45) is 5.10 Å². The average molecular weight is 297 g/mol. The van der Waals surface area contributed by atoms with Crippen molar-refractivity contribution in [3.8, 4) is 5.75 Å². The zero-order valence-corrected chi connectivity index (χ0v) is 10.5. The van der Waals surface area contributed by atoms with E-state index in [2.05, 4.69) is 36.6 Å². The molecule has 0 radical (unpaired) electrons. The minimum atomic E-state index is 0.133. The van der Waals surface area contributed by atoms with Gasteiger partial charge in [0.1, 0.15) is 5.75 Å². The predicted octanol–water partition coefficient (Wildman–Crippen LogP) is 0.909. The molecule has 0 saturated carbocycles. The summed E-state index contributed by atoms with van der Waals surface area (Å²) in [7, 11) is 1.61. The van der Waals surface area contributed by atoms with E-state index in [9.17, 15) is 0 Å². The smallest absolute Gasteiger partial charge is 0.263 e. The second-order valence-corrected chi connectivity index (χ2v) is 3.92. The monoisotopic (exact) mass is 296 g/mol. The first-order chi connectivity index (χ1) is 8.20. The summed E-state index contributed by atoms with van der Waals surface area (Å²) in [5.41, 5.74) is 6.33. The molecule has 0 atom stereocenters. The number of nitrogens with two attached hydrogens (primary N) is 1. The van der Waals surface area contributed by atoms with Crippen LogP contribution in [-0.2, 0) is 0 Å². The maximum Gasteiger partial charge on any atom is 0.263 e. The summed E-state index contributed by atoms with van der Waals surface area (Å²) in [6, 6.07) is 5.55. The molecule has 0 saturated heterocycles. The Kier molecular flexibility index (Phi) is 3.33. The van der Waals surface area contributed by atoms with Crippen LogP contribution in [-0.4, -0.2) is 33.6 Å². The van der Waals surface area contributed by atoms with E-state index in [1.54, 1.807) is 13.3 Å². The third kappa shape index (κ3) is 2.59. The van der Waals surface area contributed by atoms with Crippen molar-refractivity contribution in [2.45, 2.75) is 0 Å². The fourth-order valence-electron chi connectivity index (χ4n) is 1.16. The predicted molar refractivity (Wildman–Crippen MR) is 65.9 cm³/mol. The van der Waals surface area contributed by atoms with Gasteiger partial charge in [0, 0.05) is 0 Å². The Bertz CT molecular complexity index is 552. The van der Waals surface area contributed by atoms with Gasteiger partial charge in [0.25, 0.3) is 5.95 Å². The maximum absolute atomic E-state index is 5.46. The highest BCUT2D eigenvalue weighted by Crippen LogP contribution is 2.24. The van der Waals surface area contributed by atoms with Crippen LogP contribution in [0.15, 0.2) is 27.8 Å². The summed E-state index contributed by atoms with van der Waals surface area (Å²) in [5, 5.41) is 14.5. The number of anilines is 1. The van der Waals surface area contributed by atoms with Crippen molar-refractivity contribution in [1.29, 1.82) is 0 Å². The standard InChI is InChI=1S/C9H9BrN6O/c1-17-8-3-2-6(4-7(8)10)5-12-16-9(11)13-14-15-16/h2-5H,1H3,(H2,11,13,15). The van der Waals surface area contributed by atoms with E-state index in [0.29, 0.717) is 0 Å². The van der Waals surface area contributed by atoms with Gasteiger partial charge < -0.3 is 10.5 Å². The molecule has 0 aliphatic heterocycles. The van der Waals surface area contributed by atoms with Crippen molar-refractivity contribution < 1.29 is 4.74 Å². The lowest BCUT2D eigenvalue weighted by atomic mass is 10.2. The number of ether oxygens (including phenoxy) is 1. The Balaban J connectivity index is 2.22. The molecule has 2 rings (SSSR count). The van der Waals surface area contributed by atoms with Crippen LogP contribution in [0.2, 0.25) is 0 Å². The van der Waals surface area contributed by atoms with Gasteiger partial charge in [-0.15, -0.1) is 0 Å². The molecule has 2 aromatic rings. The van der Waals surface area contributed by atoms with Crippen molar-refractivity contribution in [2.75, 3.05) is 12.8 Å². The minimum absolute atomic E-state index is 0.133. The van der Waals surface area contributed by atoms with Crippen LogP contribution in [0.5, 0.6) is 5.75 Å². The van der Waals surface area contributed by atoms with E-state index in [0.717, 1.165) is 20.6 Å². The van der Waals surface area contributed by atoms with E-state index in [-0.39, 0.29) is 5.95 Å². The highest BCUT2D eigenvalue weighted by molar-refractivity contribution is 9.10.